The Morgan fingerprint density at radius 3 is 2.09 bits per heavy atom. The molecule has 0 saturated carbocycles. The van der Waals surface area contributed by atoms with Crippen LogP contribution in [0.1, 0.15) is 17.5 Å². The molecule has 2 aromatic carbocycles. The lowest BCUT2D eigenvalue weighted by atomic mass is 10.0. The molecule has 3 atom stereocenters. The molecule has 0 aromatic heterocycles. The topological polar surface area (TPSA) is 142 Å². The van der Waals surface area contributed by atoms with Crippen LogP contribution in [0.4, 0.5) is 0 Å². The molecule has 2 aromatic rings. The van der Waals surface area contributed by atoms with Crippen LogP contribution < -0.4 is 16.4 Å². The van der Waals surface area contributed by atoms with Crippen LogP contribution >= 0.6 is 11.8 Å². The maximum atomic E-state index is 12.8. The Kier molecular flexibility index (Phi) is 10.0. The van der Waals surface area contributed by atoms with E-state index in [2.05, 4.69) is 10.6 Å². The lowest BCUT2D eigenvalue weighted by Gasteiger charge is -2.23. The molecule has 0 aliphatic heterocycles. The predicted octanol–water partition coefficient (Wildman–Crippen LogP) is 1.31. The molecule has 32 heavy (non-hydrogen) atoms. The van der Waals surface area contributed by atoms with Gasteiger partial charge < -0.3 is 26.6 Å². The molecule has 9 heteroatoms. The molecule has 0 aliphatic carbocycles. The highest BCUT2D eigenvalue weighted by molar-refractivity contribution is 7.98. The summed E-state index contributed by atoms with van der Waals surface area (Å²) in [4.78, 5) is 37.2. The van der Waals surface area contributed by atoms with E-state index in [1.165, 1.54) is 23.9 Å². The monoisotopic (exact) mass is 459 g/mol. The van der Waals surface area contributed by atoms with E-state index >= 15 is 0 Å². The summed E-state index contributed by atoms with van der Waals surface area (Å²) in [6.07, 6.45) is 2.57. The number of benzene rings is 2. The number of aliphatic carboxylic acids is 1. The first-order chi connectivity index (χ1) is 15.3. The molecule has 0 radical (unpaired) electrons. The van der Waals surface area contributed by atoms with Gasteiger partial charge in [-0.2, -0.15) is 11.8 Å². The number of carbonyl (C=O) groups is 3. The Morgan fingerprint density at radius 1 is 0.906 bits per heavy atom. The number of aromatic hydroxyl groups is 1. The smallest absolute Gasteiger partial charge is 0.326 e. The normalized spacial score (nSPS) is 13.6. The van der Waals surface area contributed by atoms with Crippen LogP contribution in [0.5, 0.6) is 5.75 Å². The molecule has 0 fully saturated rings. The fraction of sp³-hybridized carbons (Fsp3) is 0.348. The molecule has 0 aliphatic rings. The van der Waals surface area contributed by atoms with Gasteiger partial charge in [0.1, 0.15) is 17.8 Å². The van der Waals surface area contributed by atoms with E-state index < -0.39 is 35.9 Å². The van der Waals surface area contributed by atoms with Crippen molar-refractivity contribution in [2.24, 2.45) is 5.73 Å². The standard InChI is InChI=1S/C23H29N3O5S/c1-32-12-11-19(25-21(28)18(24)13-15-5-3-2-4-6-15)22(29)26-20(23(30)31)14-16-7-9-17(27)10-8-16/h2-10,18-20,27H,11-14,24H2,1H3,(H,25,28)(H,26,29)(H,30,31)/t18-,19-,20-/m0/s1. The second-order valence-electron chi connectivity index (χ2n) is 7.41. The number of amides is 2. The van der Waals surface area contributed by atoms with Gasteiger partial charge in [-0.15, -0.1) is 0 Å². The number of carboxylic acids is 1. The number of thioether (sulfide) groups is 1. The number of carbonyl (C=O) groups excluding carboxylic acids is 2. The number of phenols is 1. The van der Waals surface area contributed by atoms with E-state index in [4.69, 9.17) is 5.73 Å². The molecule has 0 bridgehead atoms. The fourth-order valence-corrected chi connectivity index (χ4v) is 3.56. The van der Waals surface area contributed by atoms with Crippen LogP contribution in [0, 0.1) is 0 Å². The zero-order valence-electron chi connectivity index (χ0n) is 17.9. The van der Waals surface area contributed by atoms with Crippen molar-refractivity contribution < 1.29 is 24.6 Å². The molecule has 0 spiro atoms. The van der Waals surface area contributed by atoms with Gasteiger partial charge in [0.05, 0.1) is 6.04 Å². The largest absolute Gasteiger partial charge is 0.508 e. The Labute approximate surface area is 191 Å². The molecule has 0 saturated heterocycles. The Balaban J connectivity index is 2.03. The van der Waals surface area contributed by atoms with E-state index in [0.717, 1.165) is 5.56 Å². The van der Waals surface area contributed by atoms with Gasteiger partial charge in [0.2, 0.25) is 11.8 Å². The molecule has 8 nitrogen and oxygen atoms in total. The van der Waals surface area contributed by atoms with Crippen LogP contribution in [0.2, 0.25) is 0 Å². The summed E-state index contributed by atoms with van der Waals surface area (Å²) in [5, 5.41) is 24.1. The third kappa shape index (κ3) is 8.24. The summed E-state index contributed by atoms with van der Waals surface area (Å²) in [5.74, 6) is -1.58. The fourth-order valence-electron chi connectivity index (χ4n) is 3.08. The Hall–Kier alpha value is -3.04. The number of nitrogens with two attached hydrogens (primary N) is 1. The quantitative estimate of drug-likeness (QED) is 0.322. The van der Waals surface area contributed by atoms with Crippen molar-refractivity contribution in [1.29, 1.82) is 0 Å². The predicted molar refractivity (Wildman–Crippen MR) is 124 cm³/mol. The number of rotatable bonds is 12. The summed E-state index contributed by atoms with van der Waals surface area (Å²) in [5.41, 5.74) is 7.57. The first kappa shape index (κ1) is 25.2. The molecule has 2 rings (SSSR count). The number of hydrogen-bond donors (Lipinski definition) is 5. The Bertz CT molecular complexity index is 892. The van der Waals surface area contributed by atoms with Crippen LogP contribution in [0.25, 0.3) is 0 Å². The van der Waals surface area contributed by atoms with Gasteiger partial charge in [-0.05, 0) is 48.1 Å². The number of hydrogen-bond acceptors (Lipinski definition) is 6. The average molecular weight is 460 g/mol. The molecule has 0 heterocycles. The maximum Gasteiger partial charge on any atom is 0.326 e. The summed E-state index contributed by atoms with van der Waals surface area (Å²) in [6.45, 7) is 0. The summed E-state index contributed by atoms with van der Waals surface area (Å²) >= 11 is 1.51. The SMILES string of the molecule is CSCC[C@H](NC(=O)[C@@H](N)Cc1ccccc1)C(=O)N[C@@H](Cc1ccc(O)cc1)C(=O)O. The van der Waals surface area contributed by atoms with Gasteiger partial charge in [0, 0.05) is 6.42 Å². The van der Waals surface area contributed by atoms with Crippen molar-refractivity contribution >= 4 is 29.5 Å². The van der Waals surface area contributed by atoms with Gasteiger partial charge in [0.15, 0.2) is 0 Å². The van der Waals surface area contributed by atoms with Gasteiger partial charge in [-0.1, -0.05) is 42.5 Å². The van der Waals surface area contributed by atoms with Crippen molar-refractivity contribution in [2.75, 3.05) is 12.0 Å². The van der Waals surface area contributed by atoms with Crippen molar-refractivity contribution in [3.63, 3.8) is 0 Å². The summed E-state index contributed by atoms with van der Waals surface area (Å²) in [6, 6.07) is 12.5. The van der Waals surface area contributed by atoms with Crippen molar-refractivity contribution in [3.05, 3.63) is 65.7 Å². The molecular weight excluding hydrogens is 430 g/mol. The molecule has 6 N–H and O–H groups in total. The number of carboxylic acid groups (broad SMARTS) is 1. The van der Waals surface area contributed by atoms with Crippen molar-refractivity contribution in [2.45, 2.75) is 37.4 Å². The van der Waals surface area contributed by atoms with Gasteiger partial charge in [-0.3, -0.25) is 9.59 Å². The minimum atomic E-state index is -1.19. The highest BCUT2D eigenvalue weighted by atomic mass is 32.2. The average Bonchev–Trinajstić information content (AvgIpc) is 2.77. The van der Waals surface area contributed by atoms with E-state index in [1.807, 2.05) is 36.6 Å². The van der Waals surface area contributed by atoms with Crippen LogP contribution in [0.3, 0.4) is 0 Å². The van der Waals surface area contributed by atoms with E-state index in [9.17, 15) is 24.6 Å². The highest BCUT2D eigenvalue weighted by Gasteiger charge is 2.28. The molecule has 2 amide bonds. The zero-order valence-corrected chi connectivity index (χ0v) is 18.7. The van der Waals surface area contributed by atoms with Gasteiger partial charge in [0.25, 0.3) is 0 Å². The van der Waals surface area contributed by atoms with E-state index in [1.54, 1.807) is 12.1 Å². The van der Waals surface area contributed by atoms with Crippen molar-refractivity contribution in [1.82, 2.24) is 10.6 Å². The van der Waals surface area contributed by atoms with Crippen molar-refractivity contribution in [3.8, 4) is 5.75 Å². The molecular formula is C23H29N3O5S. The van der Waals surface area contributed by atoms with Gasteiger partial charge in [-0.25, -0.2) is 4.79 Å². The van der Waals surface area contributed by atoms with Crippen LogP contribution in [0.15, 0.2) is 54.6 Å². The highest BCUT2D eigenvalue weighted by Crippen LogP contribution is 2.12. The first-order valence-corrected chi connectivity index (χ1v) is 11.6. The lowest BCUT2D eigenvalue weighted by Crippen LogP contribution is -2.55. The van der Waals surface area contributed by atoms with Crippen LogP contribution in [-0.4, -0.2) is 58.1 Å². The van der Waals surface area contributed by atoms with Crippen LogP contribution in [-0.2, 0) is 27.2 Å². The zero-order chi connectivity index (χ0) is 23.5. The number of phenolic OH excluding ortho intramolecular Hbond substituents is 1. The minimum absolute atomic E-state index is 0.0398. The molecule has 0 unspecified atom stereocenters. The summed E-state index contributed by atoms with van der Waals surface area (Å²) < 4.78 is 0. The molecule has 172 valence electrons. The van der Waals surface area contributed by atoms with E-state index in [0.29, 0.717) is 24.2 Å². The lowest BCUT2D eigenvalue weighted by molar-refractivity contribution is -0.142. The second-order valence-corrected chi connectivity index (χ2v) is 8.39. The van der Waals surface area contributed by atoms with E-state index in [-0.39, 0.29) is 12.2 Å². The third-order valence-electron chi connectivity index (χ3n) is 4.87. The minimum Gasteiger partial charge on any atom is -0.508 e. The first-order valence-electron chi connectivity index (χ1n) is 10.2. The number of nitrogens with one attached hydrogen (secondary N) is 2. The second kappa shape index (κ2) is 12.7. The maximum absolute atomic E-state index is 12.8. The summed E-state index contributed by atoms with van der Waals surface area (Å²) in [7, 11) is 0. The Morgan fingerprint density at radius 2 is 1.50 bits per heavy atom. The third-order valence-corrected chi connectivity index (χ3v) is 5.51. The van der Waals surface area contributed by atoms with Gasteiger partial charge >= 0.3 is 5.97 Å².